The number of nitrogens with zero attached hydrogens (tertiary/aromatic N) is 1. The zero-order chi connectivity index (χ0) is 23.2. The molecule has 0 aromatic heterocycles. The molecule has 3 unspecified atom stereocenters. The van der Waals surface area contributed by atoms with Crippen molar-refractivity contribution in [3.63, 3.8) is 0 Å². The summed E-state index contributed by atoms with van der Waals surface area (Å²) >= 11 is 0. The minimum atomic E-state index is -0.855. The van der Waals surface area contributed by atoms with Crippen molar-refractivity contribution < 1.29 is 23.9 Å². The molecule has 1 heterocycles. The van der Waals surface area contributed by atoms with Crippen LogP contribution in [0.4, 0.5) is 4.79 Å². The molecule has 3 amide bonds. The van der Waals surface area contributed by atoms with Crippen LogP contribution in [-0.2, 0) is 25.5 Å². The van der Waals surface area contributed by atoms with E-state index in [0.717, 1.165) is 5.56 Å². The van der Waals surface area contributed by atoms with Crippen LogP contribution in [0.15, 0.2) is 30.3 Å². The minimum absolute atomic E-state index is 0.164. The molecule has 3 atom stereocenters. The molecule has 0 saturated carbocycles. The number of amides is 3. The van der Waals surface area contributed by atoms with Crippen molar-refractivity contribution >= 4 is 23.7 Å². The Hall–Kier alpha value is -2.90. The molecule has 0 radical (unpaired) electrons. The highest BCUT2D eigenvalue weighted by molar-refractivity contribution is 5.93. The van der Waals surface area contributed by atoms with Gasteiger partial charge in [0, 0.05) is 6.54 Å². The second kappa shape index (κ2) is 10.4. The Morgan fingerprint density at radius 3 is 2.35 bits per heavy atom. The van der Waals surface area contributed by atoms with E-state index in [9.17, 15) is 19.2 Å². The third-order valence-corrected chi connectivity index (χ3v) is 5.03. The quantitative estimate of drug-likeness (QED) is 0.689. The van der Waals surface area contributed by atoms with Crippen LogP contribution in [0.2, 0.25) is 0 Å². The molecule has 2 N–H and O–H groups in total. The Kier molecular flexibility index (Phi) is 8.19. The van der Waals surface area contributed by atoms with Crippen molar-refractivity contribution in [2.75, 3.05) is 6.54 Å². The van der Waals surface area contributed by atoms with Crippen molar-refractivity contribution in [2.45, 2.75) is 77.6 Å². The summed E-state index contributed by atoms with van der Waals surface area (Å²) in [6.07, 6.45) is 1.02. The Bertz CT molecular complexity index is 803. The molecule has 31 heavy (non-hydrogen) atoms. The molecule has 0 bridgehead atoms. The van der Waals surface area contributed by atoms with Crippen LogP contribution in [0, 0.1) is 0 Å². The van der Waals surface area contributed by atoms with E-state index in [1.54, 1.807) is 27.7 Å². The summed E-state index contributed by atoms with van der Waals surface area (Å²) in [7, 11) is 0. The molecule has 1 aliphatic rings. The van der Waals surface area contributed by atoms with Gasteiger partial charge in [-0.1, -0.05) is 30.3 Å². The van der Waals surface area contributed by atoms with Crippen molar-refractivity contribution in [1.29, 1.82) is 0 Å². The number of nitrogens with one attached hydrogen (secondary N) is 2. The van der Waals surface area contributed by atoms with Crippen LogP contribution in [0.3, 0.4) is 0 Å². The molecule has 0 aliphatic carbocycles. The molecule has 1 fully saturated rings. The summed E-state index contributed by atoms with van der Waals surface area (Å²) in [6, 6.07) is 7.18. The zero-order valence-corrected chi connectivity index (χ0v) is 18.9. The number of benzene rings is 1. The van der Waals surface area contributed by atoms with Gasteiger partial charge in [0.05, 0.1) is 6.04 Å². The van der Waals surface area contributed by atoms with Crippen molar-refractivity contribution in [3.8, 4) is 0 Å². The van der Waals surface area contributed by atoms with Gasteiger partial charge >= 0.3 is 6.09 Å². The number of ketones is 1. The molecular weight excluding hydrogens is 398 g/mol. The lowest BCUT2D eigenvalue weighted by molar-refractivity contribution is -0.132. The molecule has 0 spiro atoms. The second-order valence-corrected chi connectivity index (χ2v) is 8.92. The lowest BCUT2D eigenvalue weighted by Crippen LogP contribution is -2.54. The van der Waals surface area contributed by atoms with E-state index >= 15 is 0 Å². The van der Waals surface area contributed by atoms with E-state index in [-0.39, 0.29) is 5.78 Å². The molecule has 1 aromatic rings. The summed E-state index contributed by atoms with van der Waals surface area (Å²) in [4.78, 5) is 51.2. The number of carbonyl (C=O) groups excluding carboxylic acids is 4. The van der Waals surface area contributed by atoms with Crippen LogP contribution >= 0.6 is 0 Å². The predicted octanol–water partition coefficient (Wildman–Crippen LogP) is 2.21. The van der Waals surface area contributed by atoms with Crippen LogP contribution in [0.25, 0.3) is 0 Å². The first-order valence-corrected chi connectivity index (χ1v) is 10.6. The van der Waals surface area contributed by atoms with Crippen molar-refractivity contribution in [1.82, 2.24) is 15.5 Å². The maximum absolute atomic E-state index is 12.7. The van der Waals surface area contributed by atoms with Crippen LogP contribution in [0.5, 0.6) is 0 Å². The van der Waals surface area contributed by atoms with Gasteiger partial charge in [0.2, 0.25) is 11.8 Å². The van der Waals surface area contributed by atoms with Gasteiger partial charge in [0.15, 0.2) is 5.78 Å². The number of Topliss-reactive ketones (excluding diaryl/α,β-unsaturated/α-hetero) is 1. The zero-order valence-electron chi connectivity index (χ0n) is 18.9. The van der Waals surface area contributed by atoms with Gasteiger partial charge in [-0.25, -0.2) is 4.79 Å². The van der Waals surface area contributed by atoms with Crippen LogP contribution in [-0.4, -0.2) is 58.9 Å². The molecular formula is C23H33N3O5. The van der Waals surface area contributed by atoms with E-state index in [1.807, 2.05) is 30.3 Å². The second-order valence-electron chi connectivity index (χ2n) is 8.92. The Balaban J connectivity index is 1.95. The molecule has 2 rings (SSSR count). The van der Waals surface area contributed by atoms with Gasteiger partial charge in [-0.3, -0.25) is 19.3 Å². The van der Waals surface area contributed by atoms with Crippen molar-refractivity contribution in [2.24, 2.45) is 0 Å². The first-order valence-electron chi connectivity index (χ1n) is 10.6. The van der Waals surface area contributed by atoms with Crippen LogP contribution < -0.4 is 10.6 Å². The van der Waals surface area contributed by atoms with E-state index < -0.39 is 41.6 Å². The smallest absolute Gasteiger partial charge is 0.410 e. The number of carbonyl (C=O) groups is 4. The average molecular weight is 432 g/mol. The largest absolute Gasteiger partial charge is 0.444 e. The highest BCUT2D eigenvalue weighted by Crippen LogP contribution is 2.21. The number of rotatable bonds is 7. The van der Waals surface area contributed by atoms with Crippen LogP contribution in [0.1, 0.15) is 53.0 Å². The highest BCUT2D eigenvalue weighted by Gasteiger charge is 2.37. The van der Waals surface area contributed by atoms with Gasteiger partial charge in [-0.2, -0.15) is 0 Å². The average Bonchev–Trinajstić information content (AvgIpc) is 3.17. The fourth-order valence-corrected chi connectivity index (χ4v) is 3.40. The van der Waals surface area contributed by atoms with Crippen molar-refractivity contribution in [3.05, 3.63) is 35.9 Å². The SMILES string of the molecule is CC(=O)C(Cc1ccccc1)NC(=O)C(C)NC(=O)C1CCCN1C(=O)OC(C)(C)C. The minimum Gasteiger partial charge on any atom is -0.444 e. The third kappa shape index (κ3) is 7.38. The first-order chi connectivity index (χ1) is 14.5. The fourth-order valence-electron chi connectivity index (χ4n) is 3.40. The maximum Gasteiger partial charge on any atom is 0.410 e. The fraction of sp³-hybridized carbons (Fsp3) is 0.565. The predicted molar refractivity (Wildman–Crippen MR) is 116 cm³/mol. The summed E-state index contributed by atoms with van der Waals surface area (Å²) in [5, 5.41) is 5.38. The number of hydrogen-bond donors (Lipinski definition) is 2. The molecule has 8 heteroatoms. The summed E-state index contributed by atoms with van der Waals surface area (Å²) in [5.41, 5.74) is 0.271. The monoisotopic (exact) mass is 431 g/mol. The number of likely N-dealkylation sites (tertiary alicyclic amines) is 1. The molecule has 8 nitrogen and oxygen atoms in total. The summed E-state index contributed by atoms with van der Waals surface area (Å²) < 4.78 is 5.38. The van der Waals surface area contributed by atoms with Gasteiger partial charge in [-0.15, -0.1) is 0 Å². The number of ether oxygens (including phenoxy) is 1. The normalized spacial score (nSPS) is 18.1. The lowest BCUT2D eigenvalue weighted by Gasteiger charge is -2.28. The maximum atomic E-state index is 12.7. The standard InChI is InChI=1S/C23H33N3O5/c1-15(20(28)25-18(16(2)27)14-17-10-7-6-8-11-17)24-21(29)19-12-9-13-26(19)22(30)31-23(3,4)5/h6-8,10-11,15,18-19H,9,12-14H2,1-5H3,(H,24,29)(H,25,28). The number of hydrogen-bond acceptors (Lipinski definition) is 5. The summed E-state index contributed by atoms with van der Waals surface area (Å²) in [5.74, 6) is -1.03. The molecule has 1 aromatic carbocycles. The molecule has 170 valence electrons. The third-order valence-electron chi connectivity index (χ3n) is 5.03. The van der Waals surface area contributed by atoms with E-state index in [2.05, 4.69) is 10.6 Å². The topological polar surface area (TPSA) is 105 Å². The van der Waals surface area contributed by atoms with E-state index in [1.165, 1.54) is 11.8 Å². The van der Waals surface area contributed by atoms with E-state index in [0.29, 0.717) is 25.8 Å². The van der Waals surface area contributed by atoms with Gasteiger partial charge in [-0.05, 0) is 59.4 Å². The Morgan fingerprint density at radius 1 is 1.13 bits per heavy atom. The van der Waals surface area contributed by atoms with E-state index in [4.69, 9.17) is 4.74 Å². The van der Waals surface area contributed by atoms with Gasteiger partial charge in [0.1, 0.15) is 17.7 Å². The Labute approximate surface area is 183 Å². The van der Waals surface area contributed by atoms with Gasteiger partial charge < -0.3 is 15.4 Å². The first kappa shape index (κ1) is 24.4. The molecule has 1 saturated heterocycles. The highest BCUT2D eigenvalue weighted by atomic mass is 16.6. The molecule has 1 aliphatic heterocycles. The Morgan fingerprint density at radius 2 is 1.77 bits per heavy atom. The van der Waals surface area contributed by atoms with Gasteiger partial charge in [0.25, 0.3) is 0 Å². The lowest BCUT2D eigenvalue weighted by atomic mass is 10.0. The summed E-state index contributed by atoms with van der Waals surface area (Å²) in [6.45, 7) is 8.71.